The highest BCUT2D eigenvalue weighted by Crippen LogP contribution is 2.42. The number of aliphatic carboxylic acids is 1. The molecule has 0 radical (unpaired) electrons. The van der Waals surface area contributed by atoms with Crippen LogP contribution < -0.4 is 9.47 Å². The van der Waals surface area contributed by atoms with E-state index < -0.39 is 5.97 Å². The van der Waals surface area contributed by atoms with Crippen LogP contribution in [-0.4, -0.2) is 25.3 Å². The van der Waals surface area contributed by atoms with Crippen molar-refractivity contribution in [2.75, 3.05) is 14.2 Å². The minimum Gasteiger partial charge on any atom is -0.493 e. The number of hydrogen-bond acceptors (Lipinski definition) is 3. The SMILES string of the molecule is COc1cc(F)c(CCC2CC2C(=O)O)cc1OC. The summed E-state index contributed by atoms with van der Waals surface area (Å²) < 4.78 is 24.0. The summed E-state index contributed by atoms with van der Waals surface area (Å²) in [6.45, 7) is 0. The number of ether oxygens (including phenoxy) is 2. The average Bonchev–Trinajstić information content (AvgIpc) is 3.16. The molecule has 0 bridgehead atoms. The molecular formula is C14H17FO4. The maximum Gasteiger partial charge on any atom is 0.306 e. The molecule has 1 aromatic rings. The highest BCUT2D eigenvalue weighted by Gasteiger charge is 2.42. The number of carboxylic acid groups (broad SMARTS) is 1. The summed E-state index contributed by atoms with van der Waals surface area (Å²) in [5.74, 6) is -0.320. The van der Waals surface area contributed by atoms with Crippen LogP contribution in [0.25, 0.3) is 0 Å². The Morgan fingerprint density at radius 3 is 2.53 bits per heavy atom. The quantitative estimate of drug-likeness (QED) is 0.861. The molecule has 19 heavy (non-hydrogen) atoms. The van der Waals surface area contributed by atoms with Gasteiger partial charge in [-0.05, 0) is 36.8 Å². The fourth-order valence-corrected chi connectivity index (χ4v) is 2.30. The zero-order valence-corrected chi connectivity index (χ0v) is 11.0. The van der Waals surface area contributed by atoms with Gasteiger partial charge in [-0.1, -0.05) is 0 Å². The molecule has 0 aromatic heterocycles. The molecule has 0 heterocycles. The van der Waals surface area contributed by atoms with Gasteiger partial charge in [0, 0.05) is 6.07 Å². The number of hydrogen-bond donors (Lipinski definition) is 1. The number of halogens is 1. The molecule has 0 spiro atoms. The topological polar surface area (TPSA) is 55.8 Å². The van der Waals surface area contributed by atoms with Gasteiger partial charge in [-0.25, -0.2) is 4.39 Å². The first-order valence-electron chi connectivity index (χ1n) is 6.20. The lowest BCUT2D eigenvalue weighted by Crippen LogP contribution is -2.01. The Kier molecular flexibility index (Phi) is 3.93. The summed E-state index contributed by atoms with van der Waals surface area (Å²) in [4.78, 5) is 10.7. The van der Waals surface area contributed by atoms with Gasteiger partial charge in [0.15, 0.2) is 11.5 Å². The van der Waals surface area contributed by atoms with Gasteiger partial charge in [-0.2, -0.15) is 0 Å². The fraction of sp³-hybridized carbons (Fsp3) is 0.500. The largest absolute Gasteiger partial charge is 0.493 e. The lowest BCUT2D eigenvalue weighted by atomic mass is 10.1. The first-order chi connectivity index (χ1) is 9.06. The molecule has 1 aliphatic carbocycles. The third-order valence-electron chi connectivity index (χ3n) is 3.58. The maximum absolute atomic E-state index is 13.8. The van der Waals surface area contributed by atoms with Crippen LogP contribution in [0.15, 0.2) is 12.1 Å². The molecule has 5 heteroatoms. The van der Waals surface area contributed by atoms with Crippen molar-refractivity contribution in [1.82, 2.24) is 0 Å². The van der Waals surface area contributed by atoms with Crippen LogP contribution in [0.2, 0.25) is 0 Å². The van der Waals surface area contributed by atoms with Crippen molar-refractivity contribution in [2.45, 2.75) is 19.3 Å². The molecule has 2 rings (SSSR count). The van der Waals surface area contributed by atoms with E-state index in [9.17, 15) is 9.18 Å². The second-order valence-corrected chi connectivity index (χ2v) is 4.78. The van der Waals surface area contributed by atoms with E-state index in [0.717, 1.165) is 0 Å². The van der Waals surface area contributed by atoms with E-state index in [0.29, 0.717) is 36.3 Å². The summed E-state index contributed by atoms with van der Waals surface area (Å²) in [5, 5.41) is 8.82. The zero-order chi connectivity index (χ0) is 14.0. The molecule has 1 N–H and O–H groups in total. The number of methoxy groups -OCH3 is 2. The normalized spacial score (nSPS) is 21.0. The van der Waals surface area contributed by atoms with Crippen LogP contribution in [-0.2, 0) is 11.2 Å². The minimum absolute atomic E-state index is 0.171. The Morgan fingerprint density at radius 1 is 1.37 bits per heavy atom. The molecule has 0 aliphatic heterocycles. The van der Waals surface area contributed by atoms with Gasteiger partial charge in [-0.3, -0.25) is 4.79 Å². The second kappa shape index (κ2) is 5.47. The van der Waals surface area contributed by atoms with E-state index >= 15 is 0 Å². The van der Waals surface area contributed by atoms with Crippen LogP contribution in [0.3, 0.4) is 0 Å². The van der Waals surface area contributed by atoms with Gasteiger partial charge < -0.3 is 14.6 Å². The average molecular weight is 268 g/mol. The first kappa shape index (κ1) is 13.6. The zero-order valence-electron chi connectivity index (χ0n) is 11.0. The summed E-state index contributed by atoms with van der Waals surface area (Å²) >= 11 is 0. The molecule has 104 valence electrons. The summed E-state index contributed by atoms with van der Waals surface area (Å²) in [7, 11) is 2.96. The Morgan fingerprint density at radius 2 is 2.00 bits per heavy atom. The van der Waals surface area contributed by atoms with Crippen molar-refractivity contribution in [3.05, 3.63) is 23.5 Å². The highest BCUT2D eigenvalue weighted by atomic mass is 19.1. The number of carboxylic acids is 1. The van der Waals surface area contributed by atoms with Crippen LogP contribution in [0.4, 0.5) is 4.39 Å². The molecule has 4 nitrogen and oxygen atoms in total. The number of carbonyl (C=O) groups is 1. The molecule has 1 fully saturated rings. The lowest BCUT2D eigenvalue weighted by Gasteiger charge is -2.10. The van der Waals surface area contributed by atoms with Gasteiger partial charge in [0.1, 0.15) is 5.82 Å². The van der Waals surface area contributed by atoms with Crippen molar-refractivity contribution in [3.8, 4) is 11.5 Å². The van der Waals surface area contributed by atoms with Crippen molar-refractivity contribution < 1.29 is 23.8 Å². The van der Waals surface area contributed by atoms with E-state index in [1.165, 1.54) is 20.3 Å². The summed E-state index contributed by atoms with van der Waals surface area (Å²) in [6, 6.07) is 2.92. The molecule has 0 saturated heterocycles. The molecule has 2 unspecified atom stereocenters. The van der Waals surface area contributed by atoms with Crippen LogP contribution in [0.1, 0.15) is 18.4 Å². The molecule has 1 saturated carbocycles. The minimum atomic E-state index is -0.752. The Hall–Kier alpha value is -1.78. The highest BCUT2D eigenvalue weighted by molar-refractivity contribution is 5.73. The van der Waals surface area contributed by atoms with Gasteiger partial charge in [0.05, 0.1) is 20.1 Å². The number of aryl methyl sites for hydroxylation is 1. The summed E-state index contributed by atoms with van der Waals surface area (Å²) in [6.07, 6.45) is 1.90. The predicted octanol–water partition coefficient (Wildman–Crippen LogP) is 2.50. The van der Waals surface area contributed by atoms with Crippen molar-refractivity contribution >= 4 is 5.97 Å². The number of rotatable bonds is 6. The molecule has 2 atom stereocenters. The van der Waals surface area contributed by atoms with Gasteiger partial charge >= 0.3 is 5.97 Å². The monoisotopic (exact) mass is 268 g/mol. The Bertz CT molecular complexity index is 487. The van der Waals surface area contributed by atoms with Crippen molar-refractivity contribution in [3.63, 3.8) is 0 Å². The maximum atomic E-state index is 13.8. The van der Waals surface area contributed by atoms with Crippen LogP contribution in [0.5, 0.6) is 11.5 Å². The van der Waals surface area contributed by atoms with E-state index in [4.69, 9.17) is 14.6 Å². The third kappa shape index (κ3) is 2.97. The van der Waals surface area contributed by atoms with E-state index in [1.54, 1.807) is 6.07 Å². The standard InChI is InChI=1S/C14H17FO4/c1-18-12-6-9(11(15)7-13(12)19-2)4-3-8-5-10(8)14(16)17/h6-8,10H,3-5H2,1-2H3,(H,16,17). The van der Waals surface area contributed by atoms with Crippen molar-refractivity contribution in [1.29, 1.82) is 0 Å². The predicted molar refractivity (Wildman–Crippen MR) is 67.1 cm³/mol. The fourth-order valence-electron chi connectivity index (χ4n) is 2.30. The smallest absolute Gasteiger partial charge is 0.306 e. The Labute approximate surface area is 111 Å². The van der Waals surface area contributed by atoms with E-state index in [2.05, 4.69) is 0 Å². The van der Waals surface area contributed by atoms with Gasteiger partial charge in [-0.15, -0.1) is 0 Å². The summed E-state index contributed by atoms with van der Waals surface area (Å²) in [5.41, 5.74) is 0.536. The number of benzene rings is 1. The molecule has 1 aliphatic rings. The molecule has 1 aromatic carbocycles. The third-order valence-corrected chi connectivity index (χ3v) is 3.58. The Balaban J connectivity index is 2.02. The molecule has 0 amide bonds. The van der Waals surface area contributed by atoms with Crippen LogP contribution in [0, 0.1) is 17.7 Å². The van der Waals surface area contributed by atoms with Crippen molar-refractivity contribution in [2.24, 2.45) is 11.8 Å². The van der Waals surface area contributed by atoms with E-state index in [-0.39, 0.29) is 17.7 Å². The molecular weight excluding hydrogens is 251 g/mol. The van der Waals surface area contributed by atoms with Gasteiger partial charge in [0.25, 0.3) is 0 Å². The van der Waals surface area contributed by atoms with Crippen LogP contribution >= 0.6 is 0 Å². The first-order valence-corrected chi connectivity index (χ1v) is 6.20. The second-order valence-electron chi connectivity index (χ2n) is 4.78. The lowest BCUT2D eigenvalue weighted by molar-refractivity contribution is -0.138. The van der Waals surface area contributed by atoms with Gasteiger partial charge in [0.2, 0.25) is 0 Å². The van der Waals surface area contributed by atoms with E-state index in [1.807, 2.05) is 0 Å².